The number of hydrogen-bond donors (Lipinski definition) is 1. The molecule has 2 aromatic carbocycles. The molecule has 3 aliphatic rings. The predicted molar refractivity (Wildman–Crippen MR) is 161 cm³/mol. The van der Waals surface area contributed by atoms with Gasteiger partial charge in [0.1, 0.15) is 11.3 Å². The summed E-state index contributed by atoms with van der Waals surface area (Å²) in [7, 11) is 0. The van der Waals surface area contributed by atoms with Crippen LogP contribution in [0.25, 0.3) is 33.4 Å². The highest BCUT2D eigenvalue weighted by Gasteiger charge is 2.28. The van der Waals surface area contributed by atoms with Gasteiger partial charge in [-0.05, 0) is 87.3 Å². The Morgan fingerprint density at radius 1 is 1.03 bits per heavy atom. The molecule has 1 N–H and O–H groups in total. The van der Waals surface area contributed by atoms with Crippen LogP contribution in [-0.2, 0) is 0 Å². The fourth-order valence-electron chi connectivity index (χ4n) is 6.03. The number of hydrogen-bond acceptors (Lipinski definition) is 4. The van der Waals surface area contributed by atoms with Gasteiger partial charge in [-0.15, -0.1) is 0 Å². The number of nitrogens with zero attached hydrogens (tertiary/aromatic N) is 2. The molecule has 5 heteroatoms. The van der Waals surface area contributed by atoms with Crippen molar-refractivity contribution >= 4 is 22.6 Å². The highest BCUT2D eigenvalue weighted by molar-refractivity contribution is 6.09. The van der Waals surface area contributed by atoms with E-state index in [1.54, 1.807) is 0 Å². The Morgan fingerprint density at radius 3 is 2.46 bits per heavy atom. The zero-order valence-electron chi connectivity index (χ0n) is 24.2. The first-order valence-electron chi connectivity index (χ1n) is 14.5. The van der Waals surface area contributed by atoms with Crippen molar-refractivity contribution in [3.8, 4) is 22.5 Å². The van der Waals surface area contributed by atoms with Gasteiger partial charge in [0.05, 0.1) is 5.36 Å². The van der Waals surface area contributed by atoms with Gasteiger partial charge in [-0.1, -0.05) is 32.0 Å². The van der Waals surface area contributed by atoms with Crippen molar-refractivity contribution < 1.29 is 9.21 Å². The smallest absolute Gasteiger partial charge is 0.254 e. The molecule has 0 radical (unpaired) electrons. The molecular formula is C34H41N3O2. The van der Waals surface area contributed by atoms with E-state index in [0.29, 0.717) is 18.4 Å². The van der Waals surface area contributed by atoms with Gasteiger partial charge in [0.15, 0.2) is 0 Å². The van der Waals surface area contributed by atoms with Crippen LogP contribution in [0.2, 0.25) is 0 Å². The second-order valence-corrected chi connectivity index (χ2v) is 11.2. The largest absolute Gasteiger partial charge is 0.456 e. The Labute approximate surface area is 232 Å². The predicted octanol–water partition coefficient (Wildman–Crippen LogP) is 7.68. The lowest BCUT2D eigenvalue weighted by atomic mass is 9.86. The minimum absolute atomic E-state index is 0.116. The summed E-state index contributed by atoms with van der Waals surface area (Å²) in [5.41, 5.74) is 7.85. The Morgan fingerprint density at radius 2 is 1.77 bits per heavy atom. The minimum atomic E-state index is 0.116. The highest BCUT2D eigenvalue weighted by Crippen LogP contribution is 2.43. The quantitative estimate of drug-likeness (QED) is 0.264. The molecule has 5 nitrogen and oxygen atoms in total. The molecular weight excluding hydrogens is 482 g/mol. The van der Waals surface area contributed by atoms with E-state index >= 15 is 0 Å². The number of benzene rings is 3. The maximum absolute atomic E-state index is 14.0. The summed E-state index contributed by atoms with van der Waals surface area (Å²) in [4.78, 5) is 20.8. The minimum Gasteiger partial charge on any atom is -0.456 e. The Hall–Kier alpha value is -3.60. The third kappa shape index (κ3) is 5.19. The van der Waals surface area contributed by atoms with Gasteiger partial charge in [0.25, 0.3) is 5.91 Å². The molecule has 1 saturated heterocycles. The first-order valence-corrected chi connectivity index (χ1v) is 14.5. The molecule has 2 heterocycles. The SMILES string of the molecule is CCN=c1cc2oc3cc(NCC)c(C)cc3c(-c3ccccc3C(=O)N3CCC(C(C)C)CC3)c-2cc1C. The van der Waals surface area contributed by atoms with Gasteiger partial charge >= 0.3 is 0 Å². The van der Waals surface area contributed by atoms with Gasteiger partial charge in [0, 0.05) is 66.1 Å². The van der Waals surface area contributed by atoms with Crippen molar-refractivity contribution in [1.29, 1.82) is 0 Å². The zero-order chi connectivity index (χ0) is 27.7. The van der Waals surface area contributed by atoms with Crippen LogP contribution in [0.5, 0.6) is 0 Å². The highest BCUT2D eigenvalue weighted by atomic mass is 16.3. The molecule has 2 aromatic rings. The lowest BCUT2D eigenvalue weighted by Gasteiger charge is -2.34. The number of amides is 1. The lowest BCUT2D eigenvalue weighted by molar-refractivity contribution is 0.0668. The average molecular weight is 524 g/mol. The van der Waals surface area contributed by atoms with Crippen LogP contribution in [-0.4, -0.2) is 37.0 Å². The fourth-order valence-corrected chi connectivity index (χ4v) is 6.03. The summed E-state index contributed by atoms with van der Waals surface area (Å²) in [5, 5.41) is 5.41. The third-order valence-corrected chi connectivity index (χ3v) is 8.28. The molecule has 1 aliphatic carbocycles. The number of nitrogens with one attached hydrogen (secondary N) is 1. The normalized spacial score (nSPS) is 15.1. The number of piperidine rings is 1. The number of carbonyl (C=O) groups excluding carboxylic acids is 1. The zero-order valence-corrected chi connectivity index (χ0v) is 24.2. The average Bonchev–Trinajstić information content (AvgIpc) is 2.93. The molecule has 0 bridgehead atoms. The molecule has 0 unspecified atom stereocenters. The summed E-state index contributed by atoms with van der Waals surface area (Å²) in [5.74, 6) is 2.24. The monoisotopic (exact) mass is 523 g/mol. The van der Waals surface area contributed by atoms with Crippen LogP contribution in [0.3, 0.4) is 0 Å². The third-order valence-electron chi connectivity index (χ3n) is 8.28. The van der Waals surface area contributed by atoms with E-state index in [2.05, 4.69) is 64.2 Å². The van der Waals surface area contributed by atoms with E-state index < -0.39 is 0 Å². The van der Waals surface area contributed by atoms with Gasteiger partial charge in [-0.25, -0.2) is 0 Å². The van der Waals surface area contributed by atoms with Crippen molar-refractivity contribution in [3.05, 3.63) is 70.6 Å². The summed E-state index contributed by atoms with van der Waals surface area (Å²) in [6.07, 6.45) is 2.13. The summed E-state index contributed by atoms with van der Waals surface area (Å²) in [6.45, 7) is 16.1. The number of anilines is 1. The summed E-state index contributed by atoms with van der Waals surface area (Å²) in [6, 6.07) is 16.6. The van der Waals surface area contributed by atoms with Crippen LogP contribution < -0.4 is 10.7 Å². The van der Waals surface area contributed by atoms with E-state index in [4.69, 9.17) is 9.41 Å². The van der Waals surface area contributed by atoms with Crippen molar-refractivity contribution in [2.75, 3.05) is 31.5 Å². The number of rotatable bonds is 6. The number of aryl methyl sites for hydroxylation is 2. The molecule has 0 aromatic heterocycles. The molecule has 5 rings (SSSR count). The van der Waals surface area contributed by atoms with Gasteiger partial charge in [-0.3, -0.25) is 9.79 Å². The van der Waals surface area contributed by atoms with Gasteiger partial charge < -0.3 is 14.6 Å². The van der Waals surface area contributed by atoms with Crippen molar-refractivity contribution in [2.24, 2.45) is 16.8 Å². The Kier molecular flexibility index (Phi) is 7.79. The van der Waals surface area contributed by atoms with Crippen molar-refractivity contribution in [1.82, 2.24) is 4.90 Å². The molecule has 204 valence electrons. The van der Waals surface area contributed by atoms with Crippen LogP contribution >= 0.6 is 0 Å². The maximum Gasteiger partial charge on any atom is 0.254 e. The molecule has 0 atom stereocenters. The van der Waals surface area contributed by atoms with Crippen molar-refractivity contribution in [3.63, 3.8) is 0 Å². The topological polar surface area (TPSA) is 57.8 Å². The Bertz CT molecular complexity index is 1540. The van der Waals surface area contributed by atoms with Crippen LogP contribution in [0.1, 0.15) is 62.0 Å². The van der Waals surface area contributed by atoms with E-state index in [1.165, 1.54) is 0 Å². The first-order chi connectivity index (χ1) is 18.8. The van der Waals surface area contributed by atoms with E-state index in [0.717, 1.165) is 93.6 Å². The lowest BCUT2D eigenvalue weighted by Crippen LogP contribution is -2.39. The van der Waals surface area contributed by atoms with Gasteiger partial charge in [0.2, 0.25) is 0 Å². The van der Waals surface area contributed by atoms with Gasteiger partial charge in [-0.2, -0.15) is 0 Å². The second kappa shape index (κ2) is 11.3. The molecule has 0 saturated carbocycles. The molecule has 2 aliphatic heterocycles. The van der Waals surface area contributed by atoms with Crippen LogP contribution in [0.15, 0.2) is 57.9 Å². The van der Waals surface area contributed by atoms with E-state index in [9.17, 15) is 4.79 Å². The first kappa shape index (κ1) is 27.0. The molecule has 0 spiro atoms. The van der Waals surface area contributed by atoms with Crippen LogP contribution in [0, 0.1) is 25.7 Å². The Balaban J connectivity index is 1.73. The number of carbonyl (C=O) groups is 1. The van der Waals surface area contributed by atoms with E-state index in [-0.39, 0.29) is 5.91 Å². The summed E-state index contributed by atoms with van der Waals surface area (Å²) < 4.78 is 6.55. The number of likely N-dealkylation sites (tertiary alicyclic amines) is 1. The molecule has 1 fully saturated rings. The standard InChI is InChI=1S/C34H41N3O2/c1-7-35-29-19-31-27(17-22(29)5)33(28-18-23(6)30(36-8-2)20-32(28)39-31)25-11-9-10-12-26(25)34(38)37-15-13-24(14-16-37)21(3)4/h9-12,17-21,24,35H,7-8,13-16H2,1-6H3. The molecule has 39 heavy (non-hydrogen) atoms. The van der Waals surface area contributed by atoms with Crippen LogP contribution in [0.4, 0.5) is 5.69 Å². The summed E-state index contributed by atoms with van der Waals surface area (Å²) >= 11 is 0. The molecule has 1 amide bonds. The van der Waals surface area contributed by atoms with E-state index in [1.807, 2.05) is 36.1 Å². The van der Waals surface area contributed by atoms with Crippen molar-refractivity contribution in [2.45, 2.75) is 54.4 Å². The fraction of sp³-hybridized carbons (Fsp3) is 0.412. The second-order valence-electron chi connectivity index (χ2n) is 11.2. The maximum atomic E-state index is 14.0. The number of fused-ring (bicyclic) bond motifs is 2.